The maximum atomic E-state index is 13.7. The van der Waals surface area contributed by atoms with Crippen molar-refractivity contribution in [2.45, 2.75) is 58.7 Å². The van der Waals surface area contributed by atoms with Gasteiger partial charge in [0.15, 0.2) is 5.82 Å². The van der Waals surface area contributed by atoms with Crippen molar-refractivity contribution in [3.63, 3.8) is 0 Å². The SMILES string of the molecule is CC(C)N(C(=O)c1nc2ccccc2[nH]1)[C@H]1C[C@@H](C(=O)N2CCOCC2)CN(C(=O)OC(C)(C)C)C1. The van der Waals surface area contributed by atoms with Gasteiger partial charge in [0.2, 0.25) is 5.91 Å². The monoisotopic (exact) mass is 499 g/mol. The number of piperidine rings is 1. The van der Waals surface area contributed by atoms with Crippen LogP contribution in [0.5, 0.6) is 0 Å². The highest BCUT2D eigenvalue weighted by molar-refractivity contribution is 5.94. The molecule has 2 fully saturated rings. The Kier molecular flexibility index (Phi) is 7.54. The van der Waals surface area contributed by atoms with Crippen molar-refractivity contribution in [1.82, 2.24) is 24.7 Å². The smallest absolute Gasteiger partial charge is 0.410 e. The van der Waals surface area contributed by atoms with E-state index in [1.54, 1.807) is 14.7 Å². The molecule has 0 spiro atoms. The molecule has 196 valence electrons. The van der Waals surface area contributed by atoms with Crippen molar-refractivity contribution in [1.29, 1.82) is 0 Å². The number of carbonyl (C=O) groups is 3. The Morgan fingerprint density at radius 1 is 1.11 bits per heavy atom. The number of imidazole rings is 1. The third-order valence-corrected chi connectivity index (χ3v) is 6.53. The molecule has 3 amide bonds. The number of para-hydroxylation sites is 2. The van der Waals surface area contributed by atoms with Crippen LogP contribution < -0.4 is 0 Å². The van der Waals surface area contributed by atoms with Gasteiger partial charge in [-0.15, -0.1) is 0 Å². The van der Waals surface area contributed by atoms with Gasteiger partial charge in [0, 0.05) is 32.2 Å². The van der Waals surface area contributed by atoms with Gasteiger partial charge in [-0.25, -0.2) is 9.78 Å². The van der Waals surface area contributed by atoms with Gasteiger partial charge in [-0.2, -0.15) is 0 Å². The van der Waals surface area contributed by atoms with E-state index in [2.05, 4.69) is 9.97 Å². The summed E-state index contributed by atoms with van der Waals surface area (Å²) in [6.45, 7) is 11.9. The number of hydrogen-bond acceptors (Lipinski definition) is 6. The van der Waals surface area contributed by atoms with E-state index < -0.39 is 17.6 Å². The van der Waals surface area contributed by atoms with Crippen molar-refractivity contribution in [2.75, 3.05) is 39.4 Å². The minimum atomic E-state index is -0.671. The van der Waals surface area contributed by atoms with Crippen LogP contribution in [-0.2, 0) is 14.3 Å². The van der Waals surface area contributed by atoms with E-state index in [0.29, 0.717) is 38.2 Å². The number of nitrogens with zero attached hydrogens (tertiary/aromatic N) is 4. The van der Waals surface area contributed by atoms with Crippen molar-refractivity contribution >= 4 is 28.9 Å². The fourth-order valence-electron chi connectivity index (χ4n) is 4.97. The molecule has 0 bridgehead atoms. The quantitative estimate of drug-likeness (QED) is 0.693. The molecule has 0 unspecified atom stereocenters. The maximum Gasteiger partial charge on any atom is 0.410 e. The summed E-state index contributed by atoms with van der Waals surface area (Å²) in [5.41, 5.74) is 0.822. The lowest BCUT2D eigenvalue weighted by Gasteiger charge is -2.44. The summed E-state index contributed by atoms with van der Waals surface area (Å²) in [7, 11) is 0. The minimum Gasteiger partial charge on any atom is -0.444 e. The second kappa shape index (κ2) is 10.5. The number of ether oxygens (including phenoxy) is 2. The second-order valence-corrected chi connectivity index (χ2v) is 10.8. The number of rotatable bonds is 4. The zero-order valence-corrected chi connectivity index (χ0v) is 21.8. The van der Waals surface area contributed by atoms with Gasteiger partial charge in [0.05, 0.1) is 36.2 Å². The first-order chi connectivity index (χ1) is 17.0. The second-order valence-electron chi connectivity index (χ2n) is 10.8. The van der Waals surface area contributed by atoms with Gasteiger partial charge >= 0.3 is 6.09 Å². The Balaban J connectivity index is 1.62. The zero-order valence-electron chi connectivity index (χ0n) is 21.8. The molecule has 2 aromatic rings. The molecule has 2 aliphatic rings. The summed E-state index contributed by atoms with van der Waals surface area (Å²) in [4.78, 5) is 53.0. The highest BCUT2D eigenvalue weighted by Crippen LogP contribution is 2.27. The van der Waals surface area contributed by atoms with E-state index >= 15 is 0 Å². The number of morpholine rings is 1. The third-order valence-electron chi connectivity index (χ3n) is 6.53. The van der Waals surface area contributed by atoms with E-state index in [9.17, 15) is 14.4 Å². The Labute approximate surface area is 211 Å². The van der Waals surface area contributed by atoms with Crippen LogP contribution in [0, 0.1) is 5.92 Å². The highest BCUT2D eigenvalue weighted by atomic mass is 16.6. The van der Waals surface area contributed by atoms with Crippen LogP contribution in [0.25, 0.3) is 11.0 Å². The number of aromatic amines is 1. The molecule has 0 aliphatic carbocycles. The molecular weight excluding hydrogens is 462 g/mol. The van der Waals surface area contributed by atoms with Crippen molar-refractivity contribution in [3.05, 3.63) is 30.1 Å². The lowest BCUT2D eigenvalue weighted by molar-refractivity contribution is -0.142. The molecule has 0 radical (unpaired) electrons. The summed E-state index contributed by atoms with van der Waals surface area (Å²) in [5, 5.41) is 0. The molecule has 1 N–H and O–H groups in total. The number of fused-ring (bicyclic) bond motifs is 1. The Bertz CT molecular complexity index is 1070. The Hall–Kier alpha value is -3.14. The van der Waals surface area contributed by atoms with Crippen molar-refractivity contribution in [3.8, 4) is 0 Å². The number of likely N-dealkylation sites (tertiary alicyclic amines) is 1. The first kappa shape index (κ1) is 25.9. The molecular formula is C26H37N5O5. The van der Waals surface area contributed by atoms with Gasteiger partial charge in [-0.05, 0) is 53.2 Å². The largest absolute Gasteiger partial charge is 0.444 e. The van der Waals surface area contributed by atoms with E-state index in [-0.39, 0.29) is 42.8 Å². The standard InChI is InChI=1S/C26H37N5O5/c1-17(2)31(24(33)22-27-20-8-6-7-9-21(20)28-22)19-14-18(23(32)29-10-12-35-13-11-29)15-30(16-19)25(34)36-26(3,4)5/h6-9,17-19H,10-16H2,1-5H3,(H,27,28)/t18-,19+/m1/s1. The molecule has 1 aromatic carbocycles. The molecule has 2 saturated heterocycles. The van der Waals surface area contributed by atoms with Gasteiger partial charge in [-0.1, -0.05) is 12.1 Å². The van der Waals surface area contributed by atoms with E-state index in [1.807, 2.05) is 58.9 Å². The fraction of sp³-hybridized carbons (Fsp3) is 0.615. The average molecular weight is 500 g/mol. The molecule has 10 heteroatoms. The first-order valence-corrected chi connectivity index (χ1v) is 12.7. The van der Waals surface area contributed by atoms with Crippen LogP contribution in [-0.4, -0.2) is 99.7 Å². The van der Waals surface area contributed by atoms with E-state index in [4.69, 9.17) is 9.47 Å². The molecule has 4 rings (SSSR count). The summed E-state index contributed by atoms with van der Waals surface area (Å²) < 4.78 is 11.1. The average Bonchev–Trinajstić information content (AvgIpc) is 3.27. The normalized spacial score (nSPS) is 21.1. The van der Waals surface area contributed by atoms with Gasteiger partial charge < -0.3 is 29.2 Å². The molecule has 0 saturated carbocycles. The Morgan fingerprint density at radius 2 is 1.81 bits per heavy atom. The van der Waals surface area contributed by atoms with Gasteiger partial charge in [0.25, 0.3) is 5.91 Å². The van der Waals surface area contributed by atoms with E-state index in [0.717, 1.165) is 5.52 Å². The summed E-state index contributed by atoms with van der Waals surface area (Å²) in [5.74, 6) is -0.472. The van der Waals surface area contributed by atoms with Crippen LogP contribution in [0.2, 0.25) is 0 Å². The molecule has 10 nitrogen and oxygen atoms in total. The van der Waals surface area contributed by atoms with Gasteiger partial charge in [-0.3, -0.25) is 9.59 Å². The fourth-order valence-corrected chi connectivity index (χ4v) is 4.97. The minimum absolute atomic E-state index is 0.0172. The van der Waals surface area contributed by atoms with Crippen LogP contribution in [0.3, 0.4) is 0 Å². The third kappa shape index (κ3) is 5.80. The predicted molar refractivity (Wildman–Crippen MR) is 135 cm³/mol. The number of benzene rings is 1. The summed E-state index contributed by atoms with van der Waals surface area (Å²) in [6, 6.07) is 6.94. The first-order valence-electron chi connectivity index (χ1n) is 12.7. The van der Waals surface area contributed by atoms with Crippen LogP contribution in [0.4, 0.5) is 4.79 Å². The molecule has 3 heterocycles. The highest BCUT2D eigenvalue weighted by Gasteiger charge is 2.42. The molecule has 1 aromatic heterocycles. The van der Waals surface area contributed by atoms with Crippen LogP contribution in [0.15, 0.2) is 24.3 Å². The number of H-pyrrole nitrogens is 1. The van der Waals surface area contributed by atoms with Gasteiger partial charge in [0.1, 0.15) is 5.60 Å². The maximum absolute atomic E-state index is 13.7. The van der Waals surface area contributed by atoms with Crippen LogP contribution >= 0.6 is 0 Å². The Morgan fingerprint density at radius 3 is 2.44 bits per heavy atom. The van der Waals surface area contributed by atoms with E-state index in [1.165, 1.54) is 0 Å². The zero-order chi connectivity index (χ0) is 26.0. The van der Waals surface area contributed by atoms with Crippen molar-refractivity contribution < 1.29 is 23.9 Å². The lowest BCUT2D eigenvalue weighted by atomic mass is 9.91. The molecule has 2 aliphatic heterocycles. The number of carbonyl (C=O) groups excluding carboxylic acids is 3. The summed E-state index contributed by atoms with van der Waals surface area (Å²) in [6.07, 6.45) is -0.0218. The number of amides is 3. The predicted octanol–water partition coefficient (Wildman–Crippen LogP) is 2.90. The number of aromatic nitrogens is 2. The molecule has 2 atom stereocenters. The summed E-state index contributed by atoms with van der Waals surface area (Å²) >= 11 is 0. The number of nitrogens with one attached hydrogen (secondary N) is 1. The topological polar surface area (TPSA) is 108 Å². The number of hydrogen-bond donors (Lipinski definition) is 1. The van der Waals surface area contributed by atoms with Crippen LogP contribution in [0.1, 0.15) is 51.7 Å². The molecule has 36 heavy (non-hydrogen) atoms. The lowest BCUT2D eigenvalue weighted by Crippen LogP contribution is -2.59. The van der Waals surface area contributed by atoms with Crippen molar-refractivity contribution in [2.24, 2.45) is 5.92 Å².